The molecule has 1 rings (SSSR count). The summed E-state index contributed by atoms with van der Waals surface area (Å²) >= 11 is 0. The summed E-state index contributed by atoms with van der Waals surface area (Å²) in [5.74, 6) is -1.73. The van der Waals surface area contributed by atoms with E-state index < -0.39 is 42.0 Å². The zero-order chi connectivity index (χ0) is 25.5. The first-order valence-electron chi connectivity index (χ1n) is 11.1. The molecule has 0 aliphatic rings. The number of primary amides is 1. The van der Waals surface area contributed by atoms with Gasteiger partial charge in [-0.15, -0.1) is 0 Å². The first-order valence-corrected chi connectivity index (χ1v) is 11.1. The molecule has 0 saturated heterocycles. The third-order valence-electron chi connectivity index (χ3n) is 4.74. The van der Waals surface area contributed by atoms with Crippen molar-refractivity contribution in [1.29, 1.82) is 0 Å². The second-order valence-electron chi connectivity index (χ2n) is 9.42. The standard InChI is InChI=1S/C24H38N4O5/c1-9-28(22(31)18(13-19(25)29)27-23(32)33-24(6,7)8)20(21(30)26-14(2)3)17-12-15(4)10-11-16(17)5/h10-12,14,18,20H,9,13H2,1-8H3,(H2,25,29)(H,26,30)(H,27,32). The highest BCUT2D eigenvalue weighted by atomic mass is 16.6. The molecule has 184 valence electrons. The van der Waals surface area contributed by atoms with Crippen LogP contribution < -0.4 is 16.4 Å². The van der Waals surface area contributed by atoms with E-state index in [-0.39, 0.29) is 18.5 Å². The van der Waals surface area contributed by atoms with Crippen molar-refractivity contribution in [1.82, 2.24) is 15.5 Å². The summed E-state index contributed by atoms with van der Waals surface area (Å²) in [5.41, 5.74) is 6.99. The van der Waals surface area contributed by atoms with E-state index in [9.17, 15) is 19.2 Å². The Hall–Kier alpha value is -3.10. The summed E-state index contributed by atoms with van der Waals surface area (Å²) in [5, 5.41) is 5.32. The van der Waals surface area contributed by atoms with Crippen molar-refractivity contribution in [2.45, 2.75) is 85.5 Å². The summed E-state index contributed by atoms with van der Waals surface area (Å²) < 4.78 is 5.24. The Labute approximate surface area is 196 Å². The summed E-state index contributed by atoms with van der Waals surface area (Å²) in [6, 6.07) is 3.28. The van der Waals surface area contributed by atoms with E-state index in [2.05, 4.69) is 10.6 Å². The highest BCUT2D eigenvalue weighted by molar-refractivity contribution is 5.94. The quantitative estimate of drug-likeness (QED) is 0.519. The predicted molar refractivity (Wildman–Crippen MR) is 126 cm³/mol. The van der Waals surface area contributed by atoms with E-state index in [0.29, 0.717) is 5.56 Å². The van der Waals surface area contributed by atoms with Crippen molar-refractivity contribution in [2.24, 2.45) is 5.73 Å². The second-order valence-corrected chi connectivity index (χ2v) is 9.42. The van der Waals surface area contributed by atoms with Crippen LogP contribution in [0.1, 0.15) is 70.7 Å². The van der Waals surface area contributed by atoms with E-state index in [0.717, 1.165) is 11.1 Å². The van der Waals surface area contributed by atoms with Gasteiger partial charge >= 0.3 is 6.09 Å². The van der Waals surface area contributed by atoms with Gasteiger partial charge in [0.1, 0.15) is 17.7 Å². The molecule has 1 aromatic rings. The molecule has 0 saturated carbocycles. The lowest BCUT2D eigenvalue weighted by Gasteiger charge is -2.34. The van der Waals surface area contributed by atoms with Gasteiger partial charge in [-0.3, -0.25) is 14.4 Å². The van der Waals surface area contributed by atoms with Crippen LogP contribution in [0.15, 0.2) is 18.2 Å². The van der Waals surface area contributed by atoms with Crippen LogP contribution in [0.3, 0.4) is 0 Å². The Morgan fingerprint density at radius 1 is 1.09 bits per heavy atom. The third-order valence-corrected chi connectivity index (χ3v) is 4.74. The smallest absolute Gasteiger partial charge is 0.408 e. The lowest BCUT2D eigenvalue weighted by molar-refractivity contribution is -0.143. The first-order chi connectivity index (χ1) is 15.2. The monoisotopic (exact) mass is 462 g/mol. The molecular weight excluding hydrogens is 424 g/mol. The van der Waals surface area contributed by atoms with Crippen molar-refractivity contribution in [2.75, 3.05) is 6.54 Å². The summed E-state index contributed by atoms with van der Waals surface area (Å²) in [6.07, 6.45) is -1.28. The fourth-order valence-corrected chi connectivity index (χ4v) is 3.39. The number of ether oxygens (including phenoxy) is 1. The first kappa shape index (κ1) is 27.9. The number of carbonyl (C=O) groups excluding carboxylic acids is 4. The Kier molecular flexibility index (Phi) is 9.88. The van der Waals surface area contributed by atoms with Crippen LogP contribution in [0.5, 0.6) is 0 Å². The fourth-order valence-electron chi connectivity index (χ4n) is 3.39. The van der Waals surface area contributed by atoms with Gasteiger partial charge in [-0.05, 0) is 66.5 Å². The lowest BCUT2D eigenvalue weighted by atomic mass is 9.95. The topological polar surface area (TPSA) is 131 Å². The van der Waals surface area contributed by atoms with Crippen LogP contribution in [0.4, 0.5) is 4.79 Å². The minimum atomic E-state index is -1.28. The number of rotatable bonds is 9. The maximum atomic E-state index is 13.6. The average Bonchev–Trinajstić information content (AvgIpc) is 2.64. The third kappa shape index (κ3) is 8.75. The number of amides is 4. The predicted octanol–water partition coefficient (Wildman–Crippen LogP) is 2.49. The maximum Gasteiger partial charge on any atom is 0.408 e. The van der Waals surface area contributed by atoms with Gasteiger partial charge in [-0.1, -0.05) is 23.8 Å². The zero-order valence-electron chi connectivity index (χ0n) is 20.9. The summed E-state index contributed by atoms with van der Waals surface area (Å²) in [4.78, 5) is 52.2. The molecule has 33 heavy (non-hydrogen) atoms. The summed E-state index contributed by atoms with van der Waals surface area (Å²) in [6.45, 7) is 14.4. The Bertz CT molecular complexity index is 876. The molecular formula is C24H38N4O5. The van der Waals surface area contributed by atoms with Crippen LogP contribution in [-0.4, -0.2) is 52.9 Å². The van der Waals surface area contributed by atoms with Crippen molar-refractivity contribution in [3.63, 3.8) is 0 Å². The van der Waals surface area contributed by atoms with Crippen molar-refractivity contribution < 1.29 is 23.9 Å². The number of nitrogens with two attached hydrogens (primary N) is 1. The second kappa shape index (κ2) is 11.7. The molecule has 0 fully saturated rings. The number of nitrogens with one attached hydrogen (secondary N) is 2. The molecule has 0 radical (unpaired) electrons. The average molecular weight is 463 g/mol. The molecule has 0 aromatic heterocycles. The van der Waals surface area contributed by atoms with Gasteiger partial charge < -0.3 is 26.0 Å². The molecule has 0 bridgehead atoms. The van der Waals surface area contributed by atoms with Gasteiger partial charge in [0.25, 0.3) is 0 Å². The normalized spacial score (nSPS) is 13.1. The van der Waals surface area contributed by atoms with E-state index in [1.54, 1.807) is 27.7 Å². The van der Waals surface area contributed by atoms with Crippen LogP contribution >= 0.6 is 0 Å². The molecule has 0 aliphatic heterocycles. The minimum absolute atomic E-state index is 0.153. The number of hydrogen-bond donors (Lipinski definition) is 3. The van der Waals surface area contributed by atoms with Gasteiger partial charge in [0, 0.05) is 12.6 Å². The van der Waals surface area contributed by atoms with Crippen LogP contribution in [0.2, 0.25) is 0 Å². The zero-order valence-corrected chi connectivity index (χ0v) is 20.9. The number of carbonyl (C=O) groups is 4. The molecule has 1 aromatic carbocycles. The number of benzene rings is 1. The number of nitrogens with zero attached hydrogens (tertiary/aromatic N) is 1. The van der Waals surface area contributed by atoms with E-state index in [4.69, 9.17) is 10.5 Å². The van der Waals surface area contributed by atoms with Crippen molar-refractivity contribution in [3.05, 3.63) is 34.9 Å². The molecule has 9 nitrogen and oxygen atoms in total. The highest BCUT2D eigenvalue weighted by Crippen LogP contribution is 2.27. The van der Waals surface area contributed by atoms with E-state index in [1.165, 1.54) is 4.90 Å². The molecule has 4 amide bonds. The van der Waals surface area contributed by atoms with Gasteiger partial charge in [-0.25, -0.2) is 4.79 Å². The van der Waals surface area contributed by atoms with Crippen molar-refractivity contribution in [3.8, 4) is 0 Å². The highest BCUT2D eigenvalue weighted by Gasteiger charge is 2.37. The van der Waals surface area contributed by atoms with Gasteiger partial charge in [-0.2, -0.15) is 0 Å². The number of hydrogen-bond acceptors (Lipinski definition) is 5. The molecule has 9 heteroatoms. The van der Waals surface area contributed by atoms with E-state index >= 15 is 0 Å². The van der Waals surface area contributed by atoms with Gasteiger partial charge in [0.05, 0.1) is 6.42 Å². The minimum Gasteiger partial charge on any atom is -0.444 e. The van der Waals surface area contributed by atoms with Gasteiger partial charge in [0.15, 0.2) is 0 Å². The summed E-state index contributed by atoms with van der Waals surface area (Å²) in [7, 11) is 0. The molecule has 0 spiro atoms. The maximum absolute atomic E-state index is 13.6. The van der Waals surface area contributed by atoms with Crippen LogP contribution in [0.25, 0.3) is 0 Å². The number of aryl methyl sites for hydroxylation is 2. The fraction of sp³-hybridized carbons (Fsp3) is 0.583. The van der Waals surface area contributed by atoms with E-state index in [1.807, 2.05) is 45.9 Å². The lowest BCUT2D eigenvalue weighted by Crippen LogP contribution is -2.54. The van der Waals surface area contributed by atoms with Crippen LogP contribution in [0, 0.1) is 13.8 Å². The van der Waals surface area contributed by atoms with Crippen LogP contribution in [-0.2, 0) is 19.1 Å². The molecule has 2 unspecified atom stereocenters. The Morgan fingerprint density at radius 2 is 1.70 bits per heavy atom. The number of alkyl carbamates (subject to hydrolysis) is 1. The Balaban J connectivity index is 3.44. The van der Waals surface area contributed by atoms with Gasteiger partial charge in [0.2, 0.25) is 17.7 Å². The molecule has 4 N–H and O–H groups in total. The SMILES string of the molecule is CCN(C(=O)C(CC(N)=O)NC(=O)OC(C)(C)C)C(C(=O)NC(C)C)c1cc(C)ccc1C. The molecule has 0 aliphatic carbocycles. The molecule has 2 atom stereocenters. The van der Waals surface area contributed by atoms with Crippen molar-refractivity contribution >= 4 is 23.8 Å². The largest absolute Gasteiger partial charge is 0.444 e. The number of likely N-dealkylation sites (N-methyl/N-ethyl adjacent to an activating group) is 1. The Morgan fingerprint density at radius 3 is 2.18 bits per heavy atom. The molecule has 0 heterocycles.